The van der Waals surface area contributed by atoms with Crippen molar-refractivity contribution in [1.82, 2.24) is 9.13 Å². The van der Waals surface area contributed by atoms with E-state index in [1.807, 2.05) is 84.9 Å². The Labute approximate surface area is 287 Å². The number of nitrogens with zero attached hydrogens (tertiary/aromatic N) is 5. The predicted molar refractivity (Wildman–Crippen MR) is 200 cm³/mol. The van der Waals surface area contributed by atoms with Gasteiger partial charge in [0.1, 0.15) is 6.07 Å². The molecule has 9 rings (SSSR count). The molecule has 2 heterocycles. The maximum Gasteiger partial charge on any atom is 0.101 e. The lowest BCUT2D eigenvalue weighted by molar-refractivity contribution is 1.18. The zero-order chi connectivity index (χ0) is 33.8. The van der Waals surface area contributed by atoms with E-state index in [1.54, 1.807) is 0 Å². The number of benzene rings is 7. The van der Waals surface area contributed by atoms with Gasteiger partial charge in [-0.05, 0) is 83.4 Å². The summed E-state index contributed by atoms with van der Waals surface area (Å²) in [5.74, 6) is 0. The van der Waals surface area contributed by atoms with Gasteiger partial charge in [-0.15, -0.1) is 0 Å². The maximum atomic E-state index is 10.2. The third-order valence-electron chi connectivity index (χ3n) is 9.64. The average Bonchev–Trinajstić information content (AvgIpc) is 3.70. The first kappa shape index (κ1) is 28.8. The molecule has 5 nitrogen and oxygen atoms in total. The molecule has 0 amide bonds. The van der Waals surface area contributed by atoms with E-state index in [2.05, 4.69) is 94.1 Å². The fourth-order valence-electron chi connectivity index (χ4n) is 7.45. The fraction of sp³-hybridized carbons (Fsp3) is 0. The zero-order valence-electron chi connectivity index (χ0n) is 26.7. The molecule has 0 N–H and O–H groups in total. The van der Waals surface area contributed by atoms with Gasteiger partial charge >= 0.3 is 0 Å². The number of fused-ring (bicyclic) bond motifs is 6. The first-order chi connectivity index (χ1) is 24.7. The van der Waals surface area contributed by atoms with Gasteiger partial charge < -0.3 is 9.13 Å². The summed E-state index contributed by atoms with van der Waals surface area (Å²) in [6, 6.07) is 57.8. The molecule has 0 spiro atoms. The van der Waals surface area contributed by atoms with Crippen molar-refractivity contribution in [2.24, 2.45) is 0 Å². The molecule has 230 valence electrons. The SMILES string of the molecule is N#Cc1ccc(-c2ccccc2-n2c3ccccc3c3cccc(C#N)c32)c(-c2ccc(-n3c4ccccc4c4cc(C#N)ccc43)cc2)c1. The van der Waals surface area contributed by atoms with Gasteiger partial charge in [0, 0.05) is 32.8 Å². The summed E-state index contributed by atoms with van der Waals surface area (Å²) in [6.07, 6.45) is 0. The number of hydrogen-bond acceptors (Lipinski definition) is 3. The van der Waals surface area contributed by atoms with Crippen LogP contribution < -0.4 is 0 Å². The molecule has 0 aliphatic heterocycles. The van der Waals surface area contributed by atoms with E-state index in [-0.39, 0.29) is 0 Å². The van der Waals surface area contributed by atoms with Gasteiger partial charge in [0.15, 0.2) is 0 Å². The smallest absolute Gasteiger partial charge is 0.101 e. The summed E-state index contributed by atoms with van der Waals surface area (Å²) in [5.41, 5.74) is 11.6. The monoisotopic (exact) mass is 635 g/mol. The van der Waals surface area contributed by atoms with E-state index in [1.165, 1.54) is 0 Å². The van der Waals surface area contributed by atoms with Gasteiger partial charge in [-0.2, -0.15) is 15.8 Å². The van der Waals surface area contributed by atoms with Crippen LogP contribution in [0.2, 0.25) is 0 Å². The van der Waals surface area contributed by atoms with Crippen LogP contribution in [-0.2, 0) is 0 Å². The van der Waals surface area contributed by atoms with E-state index in [9.17, 15) is 15.8 Å². The van der Waals surface area contributed by atoms with Crippen LogP contribution in [-0.4, -0.2) is 9.13 Å². The number of rotatable bonds is 4. The standard InChI is InChI=1S/C45H25N5/c46-26-29-16-22-34(35-9-1-5-14-42(35)50-43-15-6-2-10-36(43)38-12-7-8-32(28-48)45(38)50)39(24-29)31-18-20-33(21-19-31)49-41-13-4-3-11-37(41)40-25-30(27-47)17-23-44(40)49/h1-25H. The largest absolute Gasteiger partial charge is 0.309 e. The van der Waals surface area contributed by atoms with Crippen molar-refractivity contribution in [1.29, 1.82) is 15.8 Å². The van der Waals surface area contributed by atoms with Crippen molar-refractivity contribution in [3.8, 4) is 51.8 Å². The average molecular weight is 636 g/mol. The highest BCUT2D eigenvalue weighted by Gasteiger charge is 2.20. The lowest BCUT2D eigenvalue weighted by Crippen LogP contribution is -1.99. The van der Waals surface area contributed by atoms with Crippen LogP contribution in [0.3, 0.4) is 0 Å². The summed E-state index contributed by atoms with van der Waals surface area (Å²) in [6.45, 7) is 0. The Morgan fingerprint density at radius 2 is 1.02 bits per heavy atom. The molecule has 50 heavy (non-hydrogen) atoms. The van der Waals surface area contributed by atoms with Gasteiger partial charge in [0.2, 0.25) is 0 Å². The molecule has 2 aromatic heterocycles. The van der Waals surface area contributed by atoms with Crippen LogP contribution in [0.15, 0.2) is 152 Å². The second kappa shape index (κ2) is 11.4. The van der Waals surface area contributed by atoms with E-state index in [4.69, 9.17) is 0 Å². The van der Waals surface area contributed by atoms with Crippen LogP contribution in [0.5, 0.6) is 0 Å². The molecular weight excluding hydrogens is 611 g/mol. The molecule has 5 heteroatoms. The molecule has 0 atom stereocenters. The fourth-order valence-corrected chi connectivity index (χ4v) is 7.45. The van der Waals surface area contributed by atoms with Gasteiger partial charge in [-0.3, -0.25) is 0 Å². The lowest BCUT2D eigenvalue weighted by atomic mass is 9.91. The Kier molecular flexibility index (Phi) is 6.56. The van der Waals surface area contributed by atoms with E-state index in [0.717, 1.165) is 77.2 Å². The van der Waals surface area contributed by atoms with Crippen LogP contribution in [0.4, 0.5) is 0 Å². The molecule has 0 aliphatic carbocycles. The van der Waals surface area contributed by atoms with E-state index < -0.39 is 0 Å². The minimum absolute atomic E-state index is 0.574. The molecule has 0 aliphatic rings. The Morgan fingerprint density at radius 3 is 1.78 bits per heavy atom. The van der Waals surface area contributed by atoms with Crippen LogP contribution in [0.1, 0.15) is 16.7 Å². The van der Waals surface area contributed by atoms with Gasteiger partial charge in [0.05, 0.1) is 56.6 Å². The lowest BCUT2D eigenvalue weighted by Gasteiger charge is -2.18. The van der Waals surface area contributed by atoms with Crippen LogP contribution in [0.25, 0.3) is 77.2 Å². The summed E-state index contributed by atoms with van der Waals surface area (Å²) in [5, 5.41) is 34.0. The highest BCUT2D eigenvalue weighted by molar-refractivity contribution is 6.12. The number of hydrogen-bond donors (Lipinski definition) is 0. The minimum atomic E-state index is 0.574. The van der Waals surface area contributed by atoms with Crippen molar-refractivity contribution >= 4 is 43.6 Å². The van der Waals surface area contributed by atoms with E-state index >= 15 is 0 Å². The first-order valence-electron chi connectivity index (χ1n) is 16.3. The summed E-state index contributed by atoms with van der Waals surface area (Å²) in [7, 11) is 0. The maximum absolute atomic E-state index is 10.2. The van der Waals surface area contributed by atoms with Crippen molar-refractivity contribution in [2.75, 3.05) is 0 Å². The third kappa shape index (κ3) is 4.31. The number of para-hydroxylation sites is 4. The Morgan fingerprint density at radius 1 is 0.400 bits per heavy atom. The van der Waals surface area contributed by atoms with Crippen LogP contribution >= 0.6 is 0 Å². The summed E-state index contributed by atoms with van der Waals surface area (Å²) >= 11 is 0. The quantitative estimate of drug-likeness (QED) is 0.193. The molecular formula is C45H25N5. The topological polar surface area (TPSA) is 81.2 Å². The van der Waals surface area contributed by atoms with Crippen molar-refractivity contribution in [3.63, 3.8) is 0 Å². The number of nitriles is 3. The molecule has 7 aromatic carbocycles. The minimum Gasteiger partial charge on any atom is -0.309 e. The second-order valence-corrected chi connectivity index (χ2v) is 12.3. The second-order valence-electron chi connectivity index (χ2n) is 12.3. The van der Waals surface area contributed by atoms with E-state index in [0.29, 0.717) is 16.7 Å². The van der Waals surface area contributed by atoms with Crippen molar-refractivity contribution in [3.05, 3.63) is 168 Å². The Hall–Kier alpha value is -7.39. The third-order valence-corrected chi connectivity index (χ3v) is 9.64. The zero-order valence-corrected chi connectivity index (χ0v) is 26.7. The molecule has 0 bridgehead atoms. The summed E-state index contributed by atoms with van der Waals surface area (Å²) < 4.78 is 4.43. The van der Waals surface area contributed by atoms with Gasteiger partial charge in [-0.1, -0.05) is 84.9 Å². The highest BCUT2D eigenvalue weighted by atomic mass is 15.0. The highest BCUT2D eigenvalue weighted by Crippen LogP contribution is 2.41. The normalized spacial score (nSPS) is 11.1. The van der Waals surface area contributed by atoms with Crippen LogP contribution in [0, 0.1) is 34.0 Å². The molecule has 0 unspecified atom stereocenters. The Bertz CT molecular complexity index is 2960. The van der Waals surface area contributed by atoms with Gasteiger partial charge in [0.25, 0.3) is 0 Å². The summed E-state index contributed by atoms with van der Waals surface area (Å²) in [4.78, 5) is 0. The molecule has 9 aromatic rings. The number of aromatic nitrogens is 2. The predicted octanol–water partition coefficient (Wildman–Crippen LogP) is 10.8. The molecule has 0 saturated carbocycles. The first-order valence-corrected chi connectivity index (χ1v) is 16.3. The molecule has 0 fully saturated rings. The van der Waals surface area contributed by atoms with Crippen molar-refractivity contribution < 1.29 is 0 Å². The van der Waals surface area contributed by atoms with Crippen molar-refractivity contribution in [2.45, 2.75) is 0 Å². The molecule has 0 saturated heterocycles. The Balaban J connectivity index is 1.24. The molecule has 0 radical (unpaired) electrons. The van der Waals surface area contributed by atoms with Gasteiger partial charge in [-0.25, -0.2) is 0 Å².